The predicted octanol–water partition coefficient (Wildman–Crippen LogP) is -0.610. The van der Waals surface area contributed by atoms with Gasteiger partial charge in [0.25, 0.3) is 5.91 Å². The van der Waals surface area contributed by atoms with Crippen molar-refractivity contribution in [2.24, 2.45) is 5.73 Å². The van der Waals surface area contributed by atoms with Crippen molar-refractivity contribution in [2.75, 3.05) is 0 Å². The number of primary amides is 1. The van der Waals surface area contributed by atoms with Gasteiger partial charge in [-0.3, -0.25) is 4.79 Å². The highest BCUT2D eigenvalue weighted by atomic mass is 16.3. The molecule has 0 fully saturated rings. The summed E-state index contributed by atoms with van der Waals surface area (Å²) in [6.45, 7) is 0. The molecule has 0 saturated carbocycles. The van der Waals surface area contributed by atoms with Gasteiger partial charge < -0.3 is 16.2 Å². The molecule has 1 atom stereocenters. The van der Waals surface area contributed by atoms with Crippen LogP contribution in [0.25, 0.3) is 0 Å². The van der Waals surface area contributed by atoms with Crippen LogP contribution < -0.4 is 11.1 Å². The van der Waals surface area contributed by atoms with Gasteiger partial charge in [-0.2, -0.15) is 0 Å². The third-order valence-electron chi connectivity index (χ3n) is 1.41. The van der Waals surface area contributed by atoms with E-state index in [0.717, 1.165) is 0 Å². The fraction of sp³-hybridized carbons (Fsp3) is 0.125. The van der Waals surface area contributed by atoms with E-state index in [4.69, 9.17) is 5.73 Å². The second-order valence-electron chi connectivity index (χ2n) is 2.32. The molecular formula is C8H10N2O2. The number of nitrogens with two attached hydrogens (primary N) is 1. The molecule has 1 aliphatic heterocycles. The maximum atomic E-state index is 10.6. The van der Waals surface area contributed by atoms with E-state index in [2.05, 4.69) is 5.32 Å². The van der Waals surface area contributed by atoms with Gasteiger partial charge in [-0.15, -0.1) is 0 Å². The van der Waals surface area contributed by atoms with Crippen LogP contribution in [0.4, 0.5) is 0 Å². The van der Waals surface area contributed by atoms with Crippen molar-refractivity contribution >= 4 is 5.91 Å². The Balaban J connectivity index is 2.74. The van der Waals surface area contributed by atoms with Crippen molar-refractivity contribution in [1.29, 1.82) is 0 Å². The maximum Gasteiger partial charge on any atom is 0.252 e. The molecule has 0 aliphatic carbocycles. The second-order valence-corrected chi connectivity index (χ2v) is 2.32. The van der Waals surface area contributed by atoms with Crippen molar-refractivity contribution in [2.45, 2.75) is 6.10 Å². The fourth-order valence-corrected chi connectivity index (χ4v) is 0.795. The minimum atomic E-state index is -1.27. The van der Waals surface area contributed by atoms with Gasteiger partial charge in [0.1, 0.15) is 0 Å². The van der Waals surface area contributed by atoms with Crippen LogP contribution in [0.1, 0.15) is 0 Å². The highest BCUT2D eigenvalue weighted by Gasteiger charge is 2.15. The van der Waals surface area contributed by atoms with Crippen molar-refractivity contribution in [3.8, 4) is 0 Å². The molecule has 1 amide bonds. The Labute approximate surface area is 70.1 Å². The Morgan fingerprint density at radius 3 is 2.92 bits per heavy atom. The van der Waals surface area contributed by atoms with Gasteiger partial charge in [-0.05, 0) is 12.2 Å². The molecule has 64 valence electrons. The standard InChI is InChI=1S/C8H10N2O2/c9-8(12)7(11)6-4-2-1-3-5-10-6/h1-5,7,10-11H,(H2,9,12). The summed E-state index contributed by atoms with van der Waals surface area (Å²) in [5, 5.41) is 11.9. The van der Waals surface area contributed by atoms with E-state index < -0.39 is 12.0 Å². The Hall–Kier alpha value is -1.55. The summed E-state index contributed by atoms with van der Waals surface area (Å²) in [5.74, 6) is -0.766. The summed E-state index contributed by atoms with van der Waals surface area (Å²) in [6, 6.07) is 0. The third-order valence-corrected chi connectivity index (χ3v) is 1.41. The second kappa shape index (κ2) is 3.73. The Kier molecular flexibility index (Phi) is 2.66. The zero-order valence-corrected chi connectivity index (χ0v) is 6.40. The molecule has 0 aromatic carbocycles. The molecule has 0 aromatic heterocycles. The molecule has 0 aromatic rings. The molecule has 4 N–H and O–H groups in total. The first-order valence-electron chi connectivity index (χ1n) is 3.49. The van der Waals surface area contributed by atoms with Gasteiger partial charge in [0.15, 0.2) is 6.10 Å². The molecule has 4 heteroatoms. The van der Waals surface area contributed by atoms with Crippen LogP contribution in [0.5, 0.6) is 0 Å². The van der Waals surface area contributed by atoms with Gasteiger partial charge >= 0.3 is 0 Å². The number of aliphatic hydroxyl groups excluding tert-OH is 1. The summed E-state index contributed by atoms with van der Waals surface area (Å²) in [4.78, 5) is 10.6. The number of hydrogen-bond acceptors (Lipinski definition) is 3. The minimum Gasteiger partial charge on any atom is -0.377 e. The first kappa shape index (κ1) is 8.55. The molecule has 1 aliphatic rings. The van der Waals surface area contributed by atoms with Crippen LogP contribution in [0.15, 0.2) is 36.2 Å². The van der Waals surface area contributed by atoms with Gasteiger partial charge in [0, 0.05) is 6.20 Å². The van der Waals surface area contributed by atoms with E-state index in [1.165, 1.54) is 0 Å². The number of rotatable bonds is 2. The Morgan fingerprint density at radius 1 is 1.50 bits per heavy atom. The van der Waals surface area contributed by atoms with Gasteiger partial charge in [-0.25, -0.2) is 0 Å². The summed E-state index contributed by atoms with van der Waals surface area (Å²) >= 11 is 0. The van der Waals surface area contributed by atoms with E-state index in [1.54, 1.807) is 30.5 Å². The van der Waals surface area contributed by atoms with Gasteiger partial charge in [-0.1, -0.05) is 12.2 Å². The van der Waals surface area contributed by atoms with Crippen molar-refractivity contribution in [3.05, 3.63) is 36.2 Å². The first-order chi connectivity index (χ1) is 5.72. The first-order valence-corrected chi connectivity index (χ1v) is 3.49. The molecule has 1 unspecified atom stereocenters. The molecule has 1 rings (SSSR count). The van der Waals surface area contributed by atoms with E-state index in [0.29, 0.717) is 5.70 Å². The Bertz CT molecular complexity index is 266. The van der Waals surface area contributed by atoms with E-state index in [9.17, 15) is 9.90 Å². The topological polar surface area (TPSA) is 75.4 Å². The summed E-state index contributed by atoms with van der Waals surface area (Å²) in [6.07, 6.45) is 7.16. The smallest absolute Gasteiger partial charge is 0.252 e. The predicted molar refractivity (Wildman–Crippen MR) is 44.7 cm³/mol. The lowest BCUT2D eigenvalue weighted by Gasteiger charge is -2.09. The summed E-state index contributed by atoms with van der Waals surface area (Å²) < 4.78 is 0. The van der Waals surface area contributed by atoms with Crippen LogP contribution in [0.3, 0.4) is 0 Å². The third kappa shape index (κ3) is 1.96. The fourth-order valence-electron chi connectivity index (χ4n) is 0.795. The SMILES string of the molecule is NC(=O)C(O)C1=CC=CC=CN1. The average Bonchev–Trinajstić information content (AvgIpc) is 2.30. The summed E-state index contributed by atoms with van der Waals surface area (Å²) in [7, 11) is 0. The lowest BCUT2D eigenvalue weighted by atomic mass is 10.2. The van der Waals surface area contributed by atoms with Crippen LogP contribution in [-0.4, -0.2) is 17.1 Å². The largest absolute Gasteiger partial charge is 0.377 e. The van der Waals surface area contributed by atoms with Crippen LogP contribution >= 0.6 is 0 Å². The normalized spacial score (nSPS) is 17.6. The molecule has 0 spiro atoms. The quantitative estimate of drug-likeness (QED) is 0.512. The number of hydrogen-bond donors (Lipinski definition) is 3. The molecule has 0 bridgehead atoms. The van der Waals surface area contributed by atoms with E-state index >= 15 is 0 Å². The van der Waals surface area contributed by atoms with Crippen LogP contribution in [0, 0.1) is 0 Å². The number of carbonyl (C=O) groups is 1. The maximum absolute atomic E-state index is 10.6. The molecule has 0 saturated heterocycles. The summed E-state index contributed by atoms with van der Waals surface area (Å²) in [5.41, 5.74) is 5.28. The Morgan fingerprint density at radius 2 is 2.25 bits per heavy atom. The number of amides is 1. The number of allylic oxidation sites excluding steroid dienone is 4. The molecule has 0 radical (unpaired) electrons. The highest BCUT2D eigenvalue weighted by molar-refractivity contribution is 5.81. The average molecular weight is 166 g/mol. The lowest BCUT2D eigenvalue weighted by molar-refractivity contribution is -0.124. The molecule has 1 heterocycles. The van der Waals surface area contributed by atoms with E-state index in [1.807, 2.05) is 0 Å². The van der Waals surface area contributed by atoms with Gasteiger partial charge in [0.05, 0.1) is 5.70 Å². The van der Waals surface area contributed by atoms with Crippen molar-refractivity contribution in [1.82, 2.24) is 5.32 Å². The van der Waals surface area contributed by atoms with Gasteiger partial charge in [0.2, 0.25) is 0 Å². The zero-order chi connectivity index (χ0) is 8.97. The van der Waals surface area contributed by atoms with E-state index in [-0.39, 0.29) is 0 Å². The number of nitrogens with one attached hydrogen (secondary N) is 1. The van der Waals surface area contributed by atoms with Crippen molar-refractivity contribution in [3.63, 3.8) is 0 Å². The van der Waals surface area contributed by atoms with Crippen LogP contribution in [-0.2, 0) is 4.79 Å². The monoisotopic (exact) mass is 166 g/mol. The molecular weight excluding hydrogens is 156 g/mol. The van der Waals surface area contributed by atoms with Crippen LogP contribution in [0.2, 0.25) is 0 Å². The van der Waals surface area contributed by atoms with Crippen molar-refractivity contribution < 1.29 is 9.90 Å². The highest BCUT2D eigenvalue weighted by Crippen LogP contribution is 2.01. The number of aliphatic hydroxyl groups is 1. The molecule has 4 nitrogen and oxygen atoms in total. The lowest BCUT2D eigenvalue weighted by Crippen LogP contribution is -2.34. The number of carbonyl (C=O) groups excluding carboxylic acids is 1. The minimum absolute atomic E-state index is 0.382. The molecule has 12 heavy (non-hydrogen) atoms. The zero-order valence-electron chi connectivity index (χ0n) is 6.40.